The predicted octanol–water partition coefficient (Wildman–Crippen LogP) is 7.76. The first-order valence-electron chi connectivity index (χ1n) is 16.9. The maximum atomic E-state index is 12.6. The van der Waals surface area contributed by atoms with E-state index in [0.29, 0.717) is 12.4 Å². The number of aromatic nitrogens is 5. The average Bonchev–Trinajstić information content (AvgIpc) is 3.79. The molecule has 0 aliphatic carbocycles. The van der Waals surface area contributed by atoms with Crippen molar-refractivity contribution in [1.29, 1.82) is 0 Å². The van der Waals surface area contributed by atoms with Gasteiger partial charge in [0.1, 0.15) is 6.33 Å². The molecule has 0 bridgehead atoms. The number of nitrogens with two attached hydrogens (primary N) is 1. The number of carboxylic acid groups (broad SMARTS) is 1. The second-order valence-corrected chi connectivity index (χ2v) is 13.6. The van der Waals surface area contributed by atoms with Crippen LogP contribution < -0.4 is 11.1 Å². The molecule has 0 aliphatic heterocycles. The minimum atomic E-state index is -5.08. The van der Waals surface area contributed by atoms with Gasteiger partial charge in [-0.3, -0.25) is 4.79 Å². The molecule has 0 spiro atoms. The van der Waals surface area contributed by atoms with Gasteiger partial charge in [0.05, 0.1) is 11.2 Å². The number of hydrogen-bond donors (Lipinski definition) is 3. The molecule has 11 nitrogen and oxygen atoms in total. The molecule has 53 heavy (non-hydrogen) atoms. The molecule has 1 amide bonds. The number of rotatable bonds is 10. The first-order chi connectivity index (χ1) is 25.1. The molecular formula is C39H40F3N7O4. The Morgan fingerprint density at radius 2 is 1.49 bits per heavy atom. The van der Waals surface area contributed by atoms with E-state index in [4.69, 9.17) is 20.2 Å². The lowest BCUT2D eigenvalue weighted by Crippen LogP contribution is -2.24. The highest BCUT2D eigenvalue weighted by Gasteiger charge is 2.38. The van der Waals surface area contributed by atoms with E-state index in [2.05, 4.69) is 74.1 Å². The number of amides is 1. The van der Waals surface area contributed by atoms with E-state index in [1.54, 1.807) is 6.33 Å². The van der Waals surface area contributed by atoms with Gasteiger partial charge in [0.15, 0.2) is 0 Å². The Morgan fingerprint density at radius 1 is 0.887 bits per heavy atom. The molecule has 4 N–H and O–H groups in total. The molecule has 0 unspecified atom stereocenters. The van der Waals surface area contributed by atoms with E-state index in [-0.39, 0.29) is 17.1 Å². The summed E-state index contributed by atoms with van der Waals surface area (Å²) in [6.07, 6.45) is 2.95. The molecule has 0 saturated heterocycles. The van der Waals surface area contributed by atoms with Crippen molar-refractivity contribution in [2.45, 2.75) is 71.5 Å². The Bertz CT molecular complexity index is 2190. The third kappa shape index (κ3) is 10.1. The highest BCUT2D eigenvalue weighted by atomic mass is 19.4. The summed E-state index contributed by atoms with van der Waals surface area (Å²) in [4.78, 5) is 30.4. The number of carboxylic acids is 1. The summed E-state index contributed by atoms with van der Waals surface area (Å²) in [6, 6.07) is 25.2. The number of nitrogens with one attached hydrogen (secondary N) is 1. The molecule has 3 aromatic carbocycles. The minimum Gasteiger partial charge on any atom is -0.475 e. The van der Waals surface area contributed by atoms with Gasteiger partial charge in [-0.2, -0.15) is 23.3 Å². The van der Waals surface area contributed by atoms with Crippen molar-refractivity contribution in [1.82, 2.24) is 30.1 Å². The molecule has 3 heterocycles. The highest BCUT2D eigenvalue weighted by Crippen LogP contribution is 2.29. The van der Waals surface area contributed by atoms with E-state index >= 15 is 0 Å². The van der Waals surface area contributed by atoms with Gasteiger partial charge in [-0.05, 0) is 84.7 Å². The lowest BCUT2D eigenvalue weighted by molar-refractivity contribution is -0.192. The van der Waals surface area contributed by atoms with E-state index in [9.17, 15) is 18.0 Å². The van der Waals surface area contributed by atoms with Crippen LogP contribution in [0.5, 0.6) is 0 Å². The molecule has 0 atom stereocenters. The topological polar surface area (TPSA) is 162 Å². The van der Waals surface area contributed by atoms with Gasteiger partial charge in [0.25, 0.3) is 11.7 Å². The van der Waals surface area contributed by atoms with Crippen LogP contribution in [-0.4, -0.2) is 47.9 Å². The number of nitrogen functional groups attached to an aromatic ring is 1. The van der Waals surface area contributed by atoms with Gasteiger partial charge in [-0.1, -0.05) is 74.5 Å². The summed E-state index contributed by atoms with van der Waals surface area (Å²) >= 11 is 0. The fourth-order valence-electron chi connectivity index (χ4n) is 5.43. The number of anilines is 1. The summed E-state index contributed by atoms with van der Waals surface area (Å²) in [5.74, 6) is -2.67. The molecular weight excluding hydrogens is 687 g/mol. The maximum absolute atomic E-state index is 12.6. The van der Waals surface area contributed by atoms with E-state index in [1.165, 1.54) is 11.1 Å². The van der Waals surface area contributed by atoms with Crippen LogP contribution in [-0.2, 0) is 29.6 Å². The van der Waals surface area contributed by atoms with E-state index in [0.717, 1.165) is 70.4 Å². The van der Waals surface area contributed by atoms with Gasteiger partial charge in [-0.15, -0.1) is 0 Å². The van der Waals surface area contributed by atoms with Crippen LogP contribution in [0, 0.1) is 6.92 Å². The standard InChI is InChI=1S/C37H39N7O2.C2HF3O2/c1-24-19-28(15-16-29(24)21-39-35(45)34-42-36(46-43-34)37(2,3)4)33-32-20-30(22-44(32)41-23-40-33)27-13-9-25(10-14-27)7-5-6-8-26-11-17-31(38)18-12-26;3-2(4,5)1(6)7/h9-20,22-23H,5-8,21,38H2,1-4H3,(H,39,45);(H,6,7). The van der Waals surface area contributed by atoms with Crippen LogP contribution in [0.15, 0.2) is 89.8 Å². The Labute approximate surface area is 304 Å². The number of carbonyl (C=O) groups is 2. The number of alkyl halides is 3. The SMILES string of the molecule is Cc1cc(-c2ncnn3cc(-c4ccc(CCCCc5ccc(N)cc5)cc4)cc23)ccc1CNC(=O)c1noc(C(C)(C)C)n1.O=C(O)C(F)(F)F. The number of benzene rings is 3. The van der Waals surface area contributed by atoms with Crippen LogP contribution in [0.1, 0.15) is 72.4 Å². The molecule has 0 radical (unpaired) electrons. The number of aryl methyl sites for hydroxylation is 3. The summed E-state index contributed by atoms with van der Waals surface area (Å²) in [7, 11) is 0. The van der Waals surface area contributed by atoms with E-state index < -0.39 is 12.1 Å². The molecule has 6 rings (SSSR count). The van der Waals surface area contributed by atoms with Crippen LogP contribution in [0.25, 0.3) is 27.9 Å². The lowest BCUT2D eigenvalue weighted by Gasteiger charge is -2.10. The van der Waals surface area contributed by atoms with Crippen LogP contribution in [0.2, 0.25) is 0 Å². The maximum Gasteiger partial charge on any atom is 0.490 e. The summed E-state index contributed by atoms with van der Waals surface area (Å²) in [5, 5.41) is 18.3. The summed E-state index contributed by atoms with van der Waals surface area (Å²) in [6.45, 7) is 8.24. The largest absolute Gasteiger partial charge is 0.490 e. The second-order valence-electron chi connectivity index (χ2n) is 13.6. The Kier molecular flexibility index (Phi) is 11.6. The van der Waals surface area contributed by atoms with Gasteiger partial charge in [0.2, 0.25) is 5.89 Å². The number of nitrogens with zero attached hydrogens (tertiary/aromatic N) is 5. The van der Waals surface area contributed by atoms with Crippen molar-refractivity contribution in [2.24, 2.45) is 0 Å². The number of hydrogen-bond acceptors (Lipinski definition) is 8. The van der Waals surface area contributed by atoms with Gasteiger partial charge >= 0.3 is 12.1 Å². The first-order valence-corrected chi connectivity index (χ1v) is 16.9. The van der Waals surface area contributed by atoms with Crippen LogP contribution >= 0.6 is 0 Å². The minimum absolute atomic E-state index is 0.0340. The molecule has 14 heteroatoms. The fourth-order valence-corrected chi connectivity index (χ4v) is 5.43. The van der Waals surface area contributed by atoms with Crippen molar-refractivity contribution >= 4 is 23.1 Å². The van der Waals surface area contributed by atoms with Gasteiger partial charge in [0, 0.05) is 35.0 Å². The molecule has 0 aliphatic rings. The van der Waals surface area contributed by atoms with Gasteiger partial charge < -0.3 is 20.7 Å². The zero-order valence-electron chi connectivity index (χ0n) is 29.7. The zero-order valence-corrected chi connectivity index (χ0v) is 29.7. The molecule has 0 fully saturated rings. The Balaban J connectivity index is 0.000000705. The van der Waals surface area contributed by atoms with Gasteiger partial charge in [-0.25, -0.2) is 14.3 Å². The third-order valence-corrected chi connectivity index (χ3v) is 8.42. The lowest BCUT2D eigenvalue weighted by atomic mass is 9.97. The molecule has 276 valence electrons. The van der Waals surface area contributed by atoms with Crippen LogP contribution in [0.3, 0.4) is 0 Å². The summed E-state index contributed by atoms with van der Waals surface area (Å²) in [5.41, 5.74) is 16.0. The number of halogens is 3. The second kappa shape index (κ2) is 16.1. The van der Waals surface area contributed by atoms with Crippen molar-refractivity contribution in [3.63, 3.8) is 0 Å². The van der Waals surface area contributed by atoms with E-state index in [1.807, 2.05) is 62.7 Å². The van der Waals surface area contributed by atoms with Crippen molar-refractivity contribution in [3.05, 3.63) is 119 Å². The number of carbonyl (C=O) groups excluding carboxylic acids is 1. The molecule has 6 aromatic rings. The first kappa shape index (κ1) is 38.2. The van der Waals surface area contributed by atoms with Crippen molar-refractivity contribution in [2.75, 3.05) is 5.73 Å². The molecule has 3 aromatic heterocycles. The summed E-state index contributed by atoms with van der Waals surface area (Å²) < 4.78 is 38.9. The third-order valence-electron chi connectivity index (χ3n) is 8.42. The normalized spacial score (nSPS) is 11.6. The number of aliphatic carboxylic acids is 1. The van der Waals surface area contributed by atoms with Crippen molar-refractivity contribution < 1.29 is 32.4 Å². The molecule has 0 saturated carbocycles. The zero-order chi connectivity index (χ0) is 38.3. The smallest absolute Gasteiger partial charge is 0.475 e. The van der Waals surface area contributed by atoms with Crippen molar-refractivity contribution in [3.8, 4) is 22.4 Å². The number of fused-ring (bicyclic) bond motifs is 1. The average molecular weight is 728 g/mol. The Hall–Kier alpha value is -6.05. The highest BCUT2D eigenvalue weighted by molar-refractivity contribution is 5.90. The fraction of sp³-hybridized carbons (Fsp3) is 0.282. The number of unbranched alkanes of at least 4 members (excludes halogenated alkanes) is 1. The predicted molar refractivity (Wildman–Crippen MR) is 194 cm³/mol. The monoisotopic (exact) mass is 727 g/mol. The quantitative estimate of drug-likeness (QED) is 0.0946. The Morgan fingerprint density at radius 3 is 2.06 bits per heavy atom. The van der Waals surface area contributed by atoms with Crippen LogP contribution in [0.4, 0.5) is 18.9 Å².